The van der Waals surface area contributed by atoms with E-state index in [0.29, 0.717) is 0 Å². The van der Waals surface area contributed by atoms with Crippen LogP contribution in [0.15, 0.2) is 0 Å². The Morgan fingerprint density at radius 2 is 2.33 bits per heavy atom. The summed E-state index contributed by atoms with van der Waals surface area (Å²) in [5.41, 5.74) is 0. The first-order valence-corrected chi connectivity index (χ1v) is 3.06. The van der Waals surface area contributed by atoms with Crippen molar-refractivity contribution in [3.8, 4) is 0 Å². The van der Waals surface area contributed by atoms with Crippen molar-refractivity contribution in [2.45, 2.75) is 12.7 Å². The molecule has 0 N–H and O–H groups in total. The van der Waals surface area contributed by atoms with Gasteiger partial charge in [0.1, 0.15) is 0 Å². The summed E-state index contributed by atoms with van der Waals surface area (Å²) in [5, 5.41) is 0. The first kappa shape index (κ1) is 6.63. The normalized spacial score (nSPS) is 7.50. The molecule has 0 unspecified atom stereocenters. The molecule has 0 aliphatic carbocycles. The molecule has 0 fully saturated rings. The van der Waals surface area contributed by atoms with Crippen molar-refractivity contribution in [2.24, 2.45) is 0 Å². The van der Waals surface area contributed by atoms with E-state index in [-0.39, 0.29) is 0 Å². The Bertz CT molecular complexity index is 37.8. The predicted octanol–water partition coefficient (Wildman–Crippen LogP) is 1.54. The van der Waals surface area contributed by atoms with Gasteiger partial charge in [0.2, 0.25) is 0 Å². The molecule has 0 aliphatic heterocycles. The SMILES string of the molecule is S=BCCCS. The van der Waals surface area contributed by atoms with Crippen molar-refractivity contribution in [1.82, 2.24) is 0 Å². The molecule has 0 saturated carbocycles. The monoisotopic (exact) mass is 118 g/mol. The zero-order valence-corrected chi connectivity index (χ0v) is 5.27. The van der Waals surface area contributed by atoms with Gasteiger partial charge in [-0.15, -0.1) is 0 Å². The van der Waals surface area contributed by atoms with Crippen molar-refractivity contribution >= 4 is 30.8 Å². The quantitative estimate of drug-likeness (QED) is 0.333. The molecule has 0 spiro atoms. The average Bonchev–Trinajstić information content (AvgIpc) is 1.61. The molecule has 0 nitrogen and oxygen atoms in total. The number of thiol groups is 1. The second-order valence-corrected chi connectivity index (χ2v) is 1.81. The van der Waals surface area contributed by atoms with Crippen LogP contribution in [-0.4, -0.2) is 11.9 Å². The van der Waals surface area contributed by atoms with E-state index in [9.17, 15) is 0 Å². The van der Waals surface area contributed by atoms with Gasteiger partial charge < -0.3 is 0 Å². The molecule has 34 valence electrons. The number of hydrogen-bond donors (Lipinski definition) is 1. The predicted molar refractivity (Wildman–Crippen MR) is 36.6 cm³/mol. The third-order valence-electron chi connectivity index (χ3n) is 0.480. The van der Waals surface area contributed by atoms with Crippen LogP contribution in [-0.2, 0) is 0 Å². The topological polar surface area (TPSA) is 0 Å². The molecule has 0 bridgehead atoms. The van der Waals surface area contributed by atoms with E-state index in [1.165, 1.54) is 0 Å². The van der Waals surface area contributed by atoms with E-state index in [1.54, 1.807) is 6.15 Å². The van der Waals surface area contributed by atoms with Gasteiger partial charge in [-0.2, -0.15) is 0 Å². The molecule has 0 rings (SSSR count). The first-order valence-electron chi connectivity index (χ1n) is 1.96. The number of hydrogen-bond acceptors (Lipinski definition) is 2. The fourth-order valence-electron chi connectivity index (χ4n) is 0.175. The van der Waals surface area contributed by atoms with Crippen LogP contribution >= 0.6 is 24.7 Å². The Balaban J connectivity index is 2.49. The Kier molecular flexibility index (Phi) is 6.23. The van der Waals surface area contributed by atoms with Gasteiger partial charge in [-0.05, 0) is 0 Å². The van der Waals surface area contributed by atoms with Crippen LogP contribution in [0, 0.1) is 0 Å². The maximum atomic E-state index is 4.56. The minimum absolute atomic E-state index is 0.952. The van der Waals surface area contributed by atoms with E-state index in [4.69, 9.17) is 0 Å². The summed E-state index contributed by atoms with van der Waals surface area (Å²) in [6.07, 6.45) is 3.89. The van der Waals surface area contributed by atoms with Crippen molar-refractivity contribution < 1.29 is 0 Å². The van der Waals surface area contributed by atoms with Gasteiger partial charge in [0.05, 0.1) is 0 Å². The fraction of sp³-hybridized carbons (Fsp3) is 1.00. The van der Waals surface area contributed by atoms with Gasteiger partial charge in [-0.1, -0.05) is 0 Å². The molecule has 0 saturated heterocycles. The molecule has 0 heterocycles. The molecule has 3 heteroatoms. The summed E-state index contributed by atoms with van der Waals surface area (Å²) in [7, 11) is 0. The third kappa shape index (κ3) is 4.63. The molecule has 6 heavy (non-hydrogen) atoms. The van der Waals surface area contributed by atoms with Gasteiger partial charge in [0.25, 0.3) is 0 Å². The Hall–Kier alpha value is 0.635. The van der Waals surface area contributed by atoms with Crippen LogP contribution in [0.3, 0.4) is 0 Å². The summed E-state index contributed by atoms with van der Waals surface area (Å²) in [4.78, 5) is 0. The minimum atomic E-state index is 0.952. The van der Waals surface area contributed by atoms with E-state index in [0.717, 1.165) is 18.5 Å². The molecular formula is C3H7BS2. The van der Waals surface area contributed by atoms with Gasteiger partial charge in [0, 0.05) is 0 Å². The fourth-order valence-corrected chi connectivity index (χ4v) is 0.524. The summed E-state index contributed by atoms with van der Waals surface area (Å²) in [6, 6.07) is 0. The standard InChI is InChI=1S/C3H7BS2/c5-3-1-2-4-6/h5H,1-3H2. The summed E-state index contributed by atoms with van der Waals surface area (Å²) in [6.45, 7) is 0. The van der Waals surface area contributed by atoms with Crippen molar-refractivity contribution in [3.63, 3.8) is 0 Å². The summed E-state index contributed by atoms with van der Waals surface area (Å²) in [5.74, 6) is 0.952. The molecule has 0 aromatic carbocycles. The molecule has 0 aromatic heterocycles. The molecule has 0 amide bonds. The van der Waals surface area contributed by atoms with Crippen molar-refractivity contribution in [3.05, 3.63) is 0 Å². The van der Waals surface area contributed by atoms with Crippen LogP contribution in [0.25, 0.3) is 0 Å². The Morgan fingerprint density at radius 1 is 1.67 bits per heavy atom. The van der Waals surface area contributed by atoms with Crippen LogP contribution in [0.2, 0.25) is 6.32 Å². The molecule has 0 radical (unpaired) electrons. The molecule has 0 aliphatic rings. The van der Waals surface area contributed by atoms with Gasteiger partial charge >= 0.3 is 49.3 Å². The summed E-state index contributed by atoms with van der Waals surface area (Å²) >= 11 is 8.55. The van der Waals surface area contributed by atoms with Crippen molar-refractivity contribution in [1.29, 1.82) is 0 Å². The molecular weight excluding hydrogens is 111 g/mol. The van der Waals surface area contributed by atoms with Crippen LogP contribution in [0.4, 0.5) is 0 Å². The van der Waals surface area contributed by atoms with Crippen LogP contribution in [0.1, 0.15) is 6.42 Å². The van der Waals surface area contributed by atoms with E-state index >= 15 is 0 Å². The van der Waals surface area contributed by atoms with Crippen LogP contribution < -0.4 is 0 Å². The van der Waals surface area contributed by atoms with E-state index in [2.05, 4.69) is 24.7 Å². The van der Waals surface area contributed by atoms with Gasteiger partial charge in [-0.25, -0.2) is 0 Å². The van der Waals surface area contributed by atoms with Gasteiger partial charge in [-0.3, -0.25) is 0 Å². The Morgan fingerprint density at radius 3 is 2.50 bits per heavy atom. The number of rotatable bonds is 3. The van der Waals surface area contributed by atoms with Crippen molar-refractivity contribution in [2.75, 3.05) is 5.75 Å². The van der Waals surface area contributed by atoms with Crippen LogP contribution in [0.5, 0.6) is 0 Å². The van der Waals surface area contributed by atoms with Gasteiger partial charge in [0.15, 0.2) is 0 Å². The van der Waals surface area contributed by atoms with E-state index in [1.807, 2.05) is 0 Å². The zero-order valence-electron chi connectivity index (χ0n) is 3.55. The van der Waals surface area contributed by atoms with E-state index < -0.39 is 0 Å². The third-order valence-corrected chi connectivity index (χ3v) is 1.03. The Labute approximate surface area is 49.8 Å². The second kappa shape index (κ2) is 5.63. The summed E-state index contributed by atoms with van der Waals surface area (Å²) < 4.78 is 0. The maximum absolute atomic E-state index is 4.56. The second-order valence-electron chi connectivity index (χ2n) is 1.03. The molecule has 0 aromatic rings. The molecule has 0 atom stereocenters. The zero-order chi connectivity index (χ0) is 4.83. The average molecular weight is 118 g/mol. The first-order chi connectivity index (χ1) is 2.91.